The van der Waals surface area contributed by atoms with Crippen molar-refractivity contribution >= 4 is 6.08 Å². The molecule has 1 unspecified atom stereocenters. The third kappa shape index (κ3) is 2.76. The van der Waals surface area contributed by atoms with Gasteiger partial charge in [0.05, 0.1) is 0 Å². The second-order valence-corrected chi connectivity index (χ2v) is 5.26. The minimum atomic E-state index is -0.336. The summed E-state index contributed by atoms with van der Waals surface area (Å²) in [6, 6.07) is 5.43. The molecule has 18 heavy (non-hydrogen) atoms. The molecule has 0 radical (unpaired) electrons. The Kier molecular flexibility index (Phi) is 3.46. The monoisotopic (exact) mass is 244 g/mol. The molecule has 0 aromatic heterocycles. The molecule has 1 heterocycles. The van der Waals surface area contributed by atoms with E-state index in [1.165, 1.54) is 5.57 Å². The summed E-state index contributed by atoms with van der Waals surface area (Å²) in [5, 5.41) is 9.83. The van der Waals surface area contributed by atoms with Crippen molar-refractivity contribution in [3.8, 4) is 11.5 Å². The maximum Gasteiger partial charge on any atom is 0.169 e. The van der Waals surface area contributed by atoms with Crippen LogP contribution < -0.4 is 4.74 Å². The third-order valence-corrected chi connectivity index (χ3v) is 3.17. The Balaban J connectivity index is 2.15. The van der Waals surface area contributed by atoms with Crippen LogP contribution in [0.3, 0.4) is 0 Å². The van der Waals surface area contributed by atoms with Crippen LogP contribution in [-0.2, 0) is 0 Å². The Morgan fingerprint density at radius 3 is 2.89 bits per heavy atom. The summed E-state index contributed by atoms with van der Waals surface area (Å²) in [4.78, 5) is 0. The molecule has 0 spiro atoms. The van der Waals surface area contributed by atoms with Crippen molar-refractivity contribution < 1.29 is 9.84 Å². The molecule has 0 amide bonds. The summed E-state index contributed by atoms with van der Waals surface area (Å²) < 4.78 is 5.97. The van der Waals surface area contributed by atoms with Gasteiger partial charge in [0.25, 0.3) is 0 Å². The lowest BCUT2D eigenvalue weighted by Gasteiger charge is -2.31. The van der Waals surface area contributed by atoms with Crippen molar-refractivity contribution in [2.24, 2.45) is 0 Å². The minimum absolute atomic E-state index is 0.213. The van der Waals surface area contributed by atoms with Crippen molar-refractivity contribution in [3.63, 3.8) is 0 Å². The second kappa shape index (κ2) is 4.89. The lowest BCUT2D eigenvalue weighted by molar-refractivity contribution is 0.124. The number of benzene rings is 1. The maximum atomic E-state index is 9.83. The highest BCUT2D eigenvalue weighted by Gasteiger charge is 2.28. The highest BCUT2D eigenvalue weighted by molar-refractivity contribution is 5.65. The number of allylic oxidation sites excluding steroid dienone is 2. The van der Waals surface area contributed by atoms with Crippen LogP contribution >= 0.6 is 0 Å². The zero-order chi connectivity index (χ0) is 13.2. The first-order valence-corrected chi connectivity index (χ1v) is 6.34. The van der Waals surface area contributed by atoms with Crippen molar-refractivity contribution in [1.29, 1.82) is 0 Å². The van der Waals surface area contributed by atoms with E-state index in [0.29, 0.717) is 5.75 Å². The summed E-state index contributed by atoms with van der Waals surface area (Å²) >= 11 is 0. The van der Waals surface area contributed by atoms with E-state index in [0.717, 1.165) is 18.4 Å². The van der Waals surface area contributed by atoms with Crippen molar-refractivity contribution in [2.45, 2.75) is 39.2 Å². The number of fused-ring (bicyclic) bond motifs is 1. The summed E-state index contributed by atoms with van der Waals surface area (Å²) in [6.45, 7) is 6.25. The van der Waals surface area contributed by atoms with Crippen molar-refractivity contribution in [3.05, 3.63) is 41.5 Å². The van der Waals surface area contributed by atoms with Crippen LogP contribution in [0.5, 0.6) is 11.5 Å². The zero-order valence-electron chi connectivity index (χ0n) is 11.2. The zero-order valence-corrected chi connectivity index (χ0v) is 11.2. The molecule has 1 N–H and O–H groups in total. The number of ether oxygens (including phenoxy) is 1. The van der Waals surface area contributed by atoms with E-state index >= 15 is 0 Å². The van der Waals surface area contributed by atoms with Crippen LogP contribution in [0.2, 0.25) is 0 Å². The summed E-state index contributed by atoms with van der Waals surface area (Å²) in [6.07, 6.45) is 8.20. The van der Waals surface area contributed by atoms with Crippen LogP contribution in [0.4, 0.5) is 0 Å². The average Bonchev–Trinajstić information content (AvgIpc) is 2.30. The first-order valence-electron chi connectivity index (χ1n) is 6.34. The molecule has 96 valence electrons. The molecule has 0 saturated carbocycles. The Bertz CT molecular complexity index is 496. The largest absolute Gasteiger partial charge is 0.504 e. The van der Waals surface area contributed by atoms with Gasteiger partial charge in [-0.1, -0.05) is 29.9 Å². The molecule has 1 aliphatic heterocycles. The number of phenols is 1. The van der Waals surface area contributed by atoms with Crippen LogP contribution in [0.1, 0.15) is 39.2 Å². The molecule has 2 rings (SSSR count). The highest BCUT2D eigenvalue weighted by Crippen LogP contribution is 2.39. The molecule has 1 aromatic rings. The van der Waals surface area contributed by atoms with E-state index < -0.39 is 0 Å². The molecular formula is C16H20O2. The molecule has 0 bridgehead atoms. The predicted octanol–water partition coefficient (Wildman–Crippen LogP) is 4.30. The van der Waals surface area contributed by atoms with Gasteiger partial charge in [0, 0.05) is 5.56 Å². The average molecular weight is 244 g/mol. The standard InChI is InChI=1S/C16H20O2/c1-12(2)6-5-10-16(3)11-9-13-7-4-8-14(17)15(13)18-16/h4,6-9,11,17H,5,10H2,1-3H3. The molecule has 0 saturated heterocycles. The predicted molar refractivity (Wildman–Crippen MR) is 74.8 cm³/mol. The van der Waals surface area contributed by atoms with Gasteiger partial charge in [0.1, 0.15) is 5.60 Å². The van der Waals surface area contributed by atoms with Gasteiger partial charge in [-0.25, -0.2) is 0 Å². The fourth-order valence-electron chi connectivity index (χ4n) is 2.10. The lowest BCUT2D eigenvalue weighted by atomic mass is 9.94. The molecule has 2 nitrogen and oxygen atoms in total. The van der Waals surface area contributed by atoms with E-state index in [9.17, 15) is 5.11 Å². The van der Waals surface area contributed by atoms with Gasteiger partial charge in [-0.05, 0) is 45.8 Å². The normalized spacial score (nSPS) is 21.1. The van der Waals surface area contributed by atoms with Crippen LogP contribution in [0.25, 0.3) is 6.08 Å². The Labute approximate surface area is 109 Å². The molecule has 2 heteroatoms. The van der Waals surface area contributed by atoms with E-state index in [4.69, 9.17) is 4.74 Å². The number of hydrogen-bond acceptors (Lipinski definition) is 2. The maximum absolute atomic E-state index is 9.83. The number of phenolic OH excluding ortho intramolecular Hbond substituents is 1. The van der Waals surface area contributed by atoms with Gasteiger partial charge in [0.15, 0.2) is 11.5 Å². The molecule has 1 aliphatic rings. The van der Waals surface area contributed by atoms with Crippen LogP contribution in [0, 0.1) is 0 Å². The summed E-state index contributed by atoms with van der Waals surface area (Å²) in [5.74, 6) is 0.810. The van der Waals surface area contributed by atoms with Gasteiger partial charge in [-0.3, -0.25) is 0 Å². The second-order valence-electron chi connectivity index (χ2n) is 5.26. The van der Waals surface area contributed by atoms with E-state index in [2.05, 4.69) is 32.9 Å². The first kappa shape index (κ1) is 12.7. The van der Waals surface area contributed by atoms with Gasteiger partial charge in [-0.2, -0.15) is 0 Å². The highest BCUT2D eigenvalue weighted by atomic mass is 16.5. The Morgan fingerprint density at radius 2 is 2.17 bits per heavy atom. The number of para-hydroxylation sites is 1. The fraction of sp³-hybridized carbons (Fsp3) is 0.375. The topological polar surface area (TPSA) is 29.5 Å². The number of rotatable bonds is 3. The van der Waals surface area contributed by atoms with E-state index in [-0.39, 0.29) is 11.4 Å². The molecule has 0 fully saturated rings. The Hall–Kier alpha value is -1.70. The van der Waals surface area contributed by atoms with Gasteiger partial charge in [0.2, 0.25) is 0 Å². The number of aromatic hydroxyl groups is 1. The number of hydrogen-bond donors (Lipinski definition) is 1. The summed E-state index contributed by atoms with van der Waals surface area (Å²) in [7, 11) is 0. The summed E-state index contributed by atoms with van der Waals surface area (Å²) in [5.41, 5.74) is 1.92. The van der Waals surface area contributed by atoms with Crippen LogP contribution in [-0.4, -0.2) is 10.7 Å². The van der Waals surface area contributed by atoms with E-state index in [1.807, 2.05) is 18.2 Å². The molecule has 0 aliphatic carbocycles. The van der Waals surface area contributed by atoms with Gasteiger partial charge in [-0.15, -0.1) is 0 Å². The van der Waals surface area contributed by atoms with E-state index in [1.54, 1.807) is 6.07 Å². The quantitative estimate of drug-likeness (QED) is 0.803. The fourth-order valence-corrected chi connectivity index (χ4v) is 2.10. The van der Waals surface area contributed by atoms with Crippen molar-refractivity contribution in [2.75, 3.05) is 0 Å². The molecular weight excluding hydrogens is 224 g/mol. The molecule has 1 atom stereocenters. The third-order valence-electron chi connectivity index (χ3n) is 3.17. The van der Waals surface area contributed by atoms with Gasteiger partial charge < -0.3 is 9.84 Å². The van der Waals surface area contributed by atoms with Crippen LogP contribution in [0.15, 0.2) is 35.9 Å². The smallest absolute Gasteiger partial charge is 0.169 e. The minimum Gasteiger partial charge on any atom is -0.504 e. The SMILES string of the molecule is CC(C)=CCCC1(C)C=Cc2cccc(O)c2O1. The van der Waals surface area contributed by atoms with Crippen molar-refractivity contribution in [1.82, 2.24) is 0 Å². The Morgan fingerprint density at radius 1 is 1.39 bits per heavy atom. The molecule has 1 aromatic carbocycles. The lowest BCUT2D eigenvalue weighted by Crippen LogP contribution is -2.31. The van der Waals surface area contributed by atoms with Gasteiger partial charge >= 0.3 is 0 Å². The first-order chi connectivity index (χ1) is 8.50.